The molecule has 1 unspecified atom stereocenters. The van der Waals surface area contributed by atoms with Gasteiger partial charge < -0.3 is 24.2 Å². The van der Waals surface area contributed by atoms with Crippen LogP contribution in [-0.2, 0) is 13.6 Å². The van der Waals surface area contributed by atoms with Crippen molar-refractivity contribution in [1.29, 1.82) is 0 Å². The number of nitrogens with zero attached hydrogens (tertiary/aromatic N) is 1. The Morgan fingerprint density at radius 3 is 2.39 bits per heavy atom. The zero-order chi connectivity index (χ0) is 20.7. The molecule has 8 heteroatoms. The number of nitrogens with one attached hydrogen (secondary N) is 1. The van der Waals surface area contributed by atoms with Gasteiger partial charge >= 0.3 is 7.60 Å². The zero-order valence-electron chi connectivity index (χ0n) is 17.1. The molecule has 1 aromatic carbocycles. The van der Waals surface area contributed by atoms with Crippen LogP contribution in [0.2, 0.25) is 0 Å². The van der Waals surface area contributed by atoms with Crippen molar-refractivity contribution >= 4 is 13.3 Å². The minimum atomic E-state index is -3.48. The monoisotopic (exact) mass is 408 g/mol. The van der Waals surface area contributed by atoms with Crippen molar-refractivity contribution in [2.24, 2.45) is 0 Å². The number of aromatic hydroxyl groups is 1. The minimum absolute atomic E-state index is 0.0587. The Morgan fingerprint density at radius 1 is 1.18 bits per heavy atom. The number of benzene rings is 1. The van der Waals surface area contributed by atoms with E-state index in [9.17, 15) is 9.67 Å². The van der Waals surface area contributed by atoms with Gasteiger partial charge in [-0.3, -0.25) is 9.55 Å². The summed E-state index contributed by atoms with van der Waals surface area (Å²) >= 11 is 0. The van der Waals surface area contributed by atoms with Crippen molar-refractivity contribution in [1.82, 2.24) is 4.98 Å². The molecular weight excluding hydrogens is 379 g/mol. The number of phenolic OH excluding ortho intramolecular Hbond substituents is 1. The van der Waals surface area contributed by atoms with Crippen molar-refractivity contribution < 1.29 is 23.5 Å². The molecule has 2 rings (SSSR count). The third kappa shape index (κ3) is 5.25. The summed E-state index contributed by atoms with van der Waals surface area (Å²) in [5, 5.41) is 13.4. The fourth-order valence-electron chi connectivity index (χ4n) is 2.90. The molecule has 0 amide bonds. The Balaban J connectivity index is 2.44. The van der Waals surface area contributed by atoms with E-state index in [0.717, 1.165) is 11.4 Å². The fraction of sp³-hybridized carbons (Fsp3) is 0.450. The number of phenols is 1. The highest BCUT2D eigenvalue weighted by Gasteiger charge is 2.37. The molecule has 1 heterocycles. The highest BCUT2D eigenvalue weighted by atomic mass is 31.2. The summed E-state index contributed by atoms with van der Waals surface area (Å²) in [6.45, 7) is 8.06. The first kappa shape index (κ1) is 22.2. The molecule has 7 nitrogen and oxygen atoms in total. The van der Waals surface area contributed by atoms with E-state index >= 15 is 0 Å². The van der Waals surface area contributed by atoms with Crippen molar-refractivity contribution in [3.8, 4) is 11.5 Å². The Labute approximate surface area is 166 Å². The predicted molar refractivity (Wildman–Crippen MR) is 110 cm³/mol. The van der Waals surface area contributed by atoms with Crippen molar-refractivity contribution in [2.75, 3.05) is 32.2 Å². The highest BCUT2D eigenvalue weighted by molar-refractivity contribution is 7.54. The summed E-state index contributed by atoms with van der Waals surface area (Å²) in [6, 6.07) is 7.26. The van der Waals surface area contributed by atoms with Crippen LogP contribution in [0.1, 0.15) is 36.3 Å². The topological polar surface area (TPSA) is 89.9 Å². The largest absolute Gasteiger partial charge is 0.504 e. The van der Waals surface area contributed by atoms with E-state index in [2.05, 4.69) is 10.3 Å². The van der Waals surface area contributed by atoms with Crippen molar-refractivity contribution in [2.45, 2.75) is 33.4 Å². The van der Waals surface area contributed by atoms with Gasteiger partial charge in [0.05, 0.1) is 32.2 Å². The first-order valence-electron chi connectivity index (χ1n) is 9.27. The molecule has 0 bridgehead atoms. The molecule has 154 valence electrons. The summed E-state index contributed by atoms with van der Waals surface area (Å²) in [6.07, 6.45) is 1.72. The number of pyridine rings is 1. The van der Waals surface area contributed by atoms with E-state index in [-0.39, 0.29) is 19.0 Å². The van der Waals surface area contributed by atoms with Gasteiger partial charge in [-0.05, 0) is 57.0 Å². The molecule has 0 fully saturated rings. The Bertz CT molecular complexity index is 816. The molecule has 1 aromatic heterocycles. The van der Waals surface area contributed by atoms with Gasteiger partial charge in [-0.1, -0.05) is 6.07 Å². The molecule has 0 aliphatic heterocycles. The van der Waals surface area contributed by atoms with E-state index in [0.29, 0.717) is 23.4 Å². The van der Waals surface area contributed by atoms with Gasteiger partial charge in [0.25, 0.3) is 0 Å². The van der Waals surface area contributed by atoms with Gasteiger partial charge in [-0.15, -0.1) is 0 Å². The molecule has 28 heavy (non-hydrogen) atoms. The van der Waals surface area contributed by atoms with E-state index in [1.165, 1.54) is 7.11 Å². The van der Waals surface area contributed by atoms with Gasteiger partial charge in [-0.25, -0.2) is 0 Å². The van der Waals surface area contributed by atoms with Gasteiger partial charge in [0.2, 0.25) is 0 Å². The molecule has 0 aliphatic carbocycles. The quantitative estimate of drug-likeness (QED) is 0.544. The van der Waals surface area contributed by atoms with Crippen LogP contribution in [-0.4, -0.2) is 37.0 Å². The molecule has 2 aromatic rings. The van der Waals surface area contributed by atoms with Gasteiger partial charge in [0, 0.05) is 12.2 Å². The van der Waals surface area contributed by atoms with Gasteiger partial charge in [0.1, 0.15) is 5.66 Å². The van der Waals surface area contributed by atoms with Crippen LogP contribution in [0.4, 0.5) is 5.69 Å². The van der Waals surface area contributed by atoms with E-state index in [1.807, 2.05) is 19.1 Å². The Morgan fingerprint density at radius 2 is 1.86 bits per heavy atom. The molecule has 0 saturated carbocycles. The molecule has 0 aliphatic rings. The summed E-state index contributed by atoms with van der Waals surface area (Å²) in [7, 11) is -2.00. The Kier molecular flexibility index (Phi) is 7.87. The fourth-order valence-corrected chi connectivity index (χ4v) is 4.88. The smallest absolute Gasteiger partial charge is 0.339 e. The second-order valence-corrected chi connectivity index (χ2v) is 8.57. The maximum atomic E-state index is 13.6. The lowest BCUT2D eigenvalue weighted by molar-refractivity contribution is 0.213. The second kappa shape index (κ2) is 9.92. The van der Waals surface area contributed by atoms with Crippen LogP contribution in [0, 0.1) is 13.8 Å². The summed E-state index contributed by atoms with van der Waals surface area (Å²) < 4.78 is 30.1. The SMILES string of the molecule is CCOP(=O)(OCC)C(CNc1ccc(C)nc1)c1cc(C)c(O)c(OC)c1. The summed E-state index contributed by atoms with van der Waals surface area (Å²) in [4.78, 5) is 4.27. The van der Waals surface area contributed by atoms with Crippen LogP contribution in [0.25, 0.3) is 0 Å². The first-order valence-corrected chi connectivity index (χ1v) is 10.9. The maximum Gasteiger partial charge on any atom is 0.339 e. The van der Waals surface area contributed by atoms with Crippen molar-refractivity contribution in [3.05, 3.63) is 47.3 Å². The minimum Gasteiger partial charge on any atom is -0.504 e. The standard InChI is InChI=1S/C20H29N2O5P/c1-6-26-28(24,27-7-2)19(13-22-17-9-8-15(4)21-12-17)16-10-14(3)20(23)18(11-16)25-5/h8-12,19,22-23H,6-7,13H2,1-5H3. The highest BCUT2D eigenvalue weighted by Crippen LogP contribution is 2.61. The first-order chi connectivity index (χ1) is 13.3. The van der Waals surface area contributed by atoms with E-state index in [1.54, 1.807) is 39.1 Å². The van der Waals surface area contributed by atoms with E-state index in [4.69, 9.17) is 13.8 Å². The summed E-state index contributed by atoms with van der Waals surface area (Å²) in [5.41, 5.74) is 2.44. The summed E-state index contributed by atoms with van der Waals surface area (Å²) in [5.74, 6) is 0.375. The predicted octanol–water partition coefficient (Wildman–Crippen LogP) is 4.83. The van der Waals surface area contributed by atoms with E-state index < -0.39 is 13.3 Å². The number of aromatic nitrogens is 1. The van der Waals surface area contributed by atoms with Crippen molar-refractivity contribution in [3.63, 3.8) is 0 Å². The Hall–Kier alpha value is -2.08. The van der Waals surface area contributed by atoms with Crippen LogP contribution >= 0.6 is 7.60 Å². The third-order valence-electron chi connectivity index (χ3n) is 4.30. The molecule has 2 N–H and O–H groups in total. The van der Waals surface area contributed by atoms with Crippen LogP contribution in [0.3, 0.4) is 0 Å². The normalized spacial score (nSPS) is 12.6. The number of methoxy groups -OCH3 is 1. The van der Waals surface area contributed by atoms with Crippen LogP contribution < -0.4 is 10.1 Å². The van der Waals surface area contributed by atoms with Crippen LogP contribution in [0.15, 0.2) is 30.5 Å². The number of hydrogen-bond donors (Lipinski definition) is 2. The lowest BCUT2D eigenvalue weighted by atomic mass is 10.1. The van der Waals surface area contributed by atoms with Crippen LogP contribution in [0.5, 0.6) is 11.5 Å². The number of hydrogen-bond acceptors (Lipinski definition) is 7. The average molecular weight is 408 g/mol. The second-order valence-electron chi connectivity index (χ2n) is 6.35. The number of aryl methyl sites for hydroxylation is 2. The molecular formula is C20H29N2O5P. The third-order valence-corrected chi connectivity index (χ3v) is 6.78. The molecule has 0 saturated heterocycles. The average Bonchev–Trinajstić information content (AvgIpc) is 2.66. The number of rotatable bonds is 10. The lowest BCUT2D eigenvalue weighted by Crippen LogP contribution is -2.17. The number of anilines is 1. The molecule has 0 radical (unpaired) electrons. The van der Waals surface area contributed by atoms with Gasteiger partial charge in [0.15, 0.2) is 11.5 Å². The molecule has 0 spiro atoms. The maximum absolute atomic E-state index is 13.6. The lowest BCUT2D eigenvalue weighted by Gasteiger charge is -2.28. The zero-order valence-corrected chi connectivity index (χ0v) is 18.0. The molecule has 1 atom stereocenters. The van der Waals surface area contributed by atoms with Gasteiger partial charge in [-0.2, -0.15) is 0 Å². The number of ether oxygens (including phenoxy) is 1.